The molecule has 1 aliphatic heterocycles. The summed E-state index contributed by atoms with van der Waals surface area (Å²) in [7, 11) is 0. The van der Waals surface area contributed by atoms with Crippen LogP contribution in [-0.4, -0.2) is 45.9 Å². The van der Waals surface area contributed by atoms with Crippen molar-refractivity contribution in [3.8, 4) is 11.4 Å². The molecule has 2 heterocycles. The summed E-state index contributed by atoms with van der Waals surface area (Å²) < 4.78 is 7.07. The molecule has 2 aromatic rings. The van der Waals surface area contributed by atoms with Gasteiger partial charge in [0.05, 0.1) is 5.41 Å². The number of hydrogen-bond donors (Lipinski definition) is 2. The standard InChI is InChI=1S/C16H22N6O2.ClH/c1-2-22-14(19-20-21-22)12-4-3-5-13(10-12)18-15(23)16(11-17)6-8-24-9-7-16;/h3-5,10H,2,6-9,11,17H2,1H3,(H,18,23);1H. The van der Waals surface area contributed by atoms with Crippen molar-refractivity contribution in [3.05, 3.63) is 24.3 Å². The molecule has 0 aliphatic carbocycles. The van der Waals surface area contributed by atoms with Gasteiger partial charge in [0.1, 0.15) is 0 Å². The zero-order chi connectivity index (χ0) is 17.0. The maximum atomic E-state index is 12.7. The van der Waals surface area contributed by atoms with E-state index < -0.39 is 5.41 Å². The van der Waals surface area contributed by atoms with Gasteiger partial charge in [-0.2, -0.15) is 0 Å². The van der Waals surface area contributed by atoms with Gasteiger partial charge >= 0.3 is 0 Å². The van der Waals surface area contributed by atoms with Crippen molar-refractivity contribution >= 4 is 24.0 Å². The molecule has 1 amide bonds. The third-order valence-corrected chi connectivity index (χ3v) is 4.53. The number of benzene rings is 1. The highest BCUT2D eigenvalue weighted by atomic mass is 35.5. The van der Waals surface area contributed by atoms with Gasteiger partial charge < -0.3 is 15.8 Å². The number of anilines is 1. The first-order chi connectivity index (χ1) is 11.7. The molecule has 1 fully saturated rings. The van der Waals surface area contributed by atoms with Crippen LogP contribution in [0.1, 0.15) is 19.8 Å². The van der Waals surface area contributed by atoms with Crippen molar-refractivity contribution in [2.75, 3.05) is 25.1 Å². The highest BCUT2D eigenvalue weighted by Gasteiger charge is 2.38. The summed E-state index contributed by atoms with van der Waals surface area (Å²) >= 11 is 0. The van der Waals surface area contributed by atoms with E-state index in [-0.39, 0.29) is 18.3 Å². The SMILES string of the molecule is CCn1nnnc1-c1cccc(NC(=O)C2(CN)CCOCC2)c1.Cl. The molecular weight excluding hydrogens is 344 g/mol. The molecule has 8 nitrogen and oxygen atoms in total. The second-order valence-electron chi connectivity index (χ2n) is 5.95. The smallest absolute Gasteiger partial charge is 0.232 e. The van der Waals surface area contributed by atoms with Crippen molar-refractivity contribution in [3.63, 3.8) is 0 Å². The third-order valence-electron chi connectivity index (χ3n) is 4.53. The molecule has 0 radical (unpaired) electrons. The fourth-order valence-electron chi connectivity index (χ4n) is 2.91. The van der Waals surface area contributed by atoms with Crippen molar-refractivity contribution in [2.24, 2.45) is 11.1 Å². The van der Waals surface area contributed by atoms with Crippen LogP contribution in [0.15, 0.2) is 24.3 Å². The number of hydrogen-bond acceptors (Lipinski definition) is 6. The van der Waals surface area contributed by atoms with E-state index in [1.54, 1.807) is 4.68 Å². The summed E-state index contributed by atoms with van der Waals surface area (Å²) in [6.07, 6.45) is 1.28. The van der Waals surface area contributed by atoms with E-state index in [4.69, 9.17) is 10.5 Å². The number of ether oxygens (including phenoxy) is 1. The van der Waals surface area contributed by atoms with Crippen LogP contribution in [0.3, 0.4) is 0 Å². The van der Waals surface area contributed by atoms with E-state index in [0.29, 0.717) is 50.7 Å². The highest BCUT2D eigenvalue weighted by molar-refractivity contribution is 5.96. The zero-order valence-electron chi connectivity index (χ0n) is 14.1. The first kappa shape index (κ1) is 19.3. The predicted octanol–water partition coefficient (Wildman–Crippen LogP) is 1.48. The van der Waals surface area contributed by atoms with Crippen LogP contribution < -0.4 is 11.1 Å². The number of aromatic nitrogens is 4. The average Bonchev–Trinajstić information content (AvgIpc) is 3.11. The summed E-state index contributed by atoms with van der Waals surface area (Å²) in [5.41, 5.74) is 6.90. The van der Waals surface area contributed by atoms with E-state index in [9.17, 15) is 4.79 Å². The molecule has 3 rings (SSSR count). The maximum Gasteiger partial charge on any atom is 0.232 e. The first-order valence-corrected chi connectivity index (χ1v) is 8.14. The van der Waals surface area contributed by atoms with Gasteiger partial charge in [0.15, 0.2) is 5.82 Å². The number of carbonyl (C=O) groups excluding carboxylic acids is 1. The van der Waals surface area contributed by atoms with Crippen molar-refractivity contribution in [1.29, 1.82) is 0 Å². The Balaban J connectivity index is 0.00000225. The predicted molar refractivity (Wildman–Crippen MR) is 96.3 cm³/mol. The first-order valence-electron chi connectivity index (χ1n) is 8.14. The molecular formula is C16H23ClN6O2. The Morgan fingerprint density at radius 2 is 2.16 bits per heavy atom. The lowest BCUT2D eigenvalue weighted by molar-refractivity contribution is -0.130. The Labute approximate surface area is 152 Å². The molecule has 0 bridgehead atoms. The summed E-state index contributed by atoms with van der Waals surface area (Å²) in [5.74, 6) is 0.619. The van der Waals surface area contributed by atoms with Crippen LogP contribution in [0.5, 0.6) is 0 Å². The van der Waals surface area contributed by atoms with Gasteiger partial charge in [-0.1, -0.05) is 12.1 Å². The maximum absolute atomic E-state index is 12.7. The topological polar surface area (TPSA) is 108 Å². The Bertz CT molecular complexity index is 714. The molecule has 3 N–H and O–H groups in total. The number of nitrogens with two attached hydrogens (primary N) is 1. The fraction of sp³-hybridized carbons (Fsp3) is 0.500. The Kier molecular flexibility index (Phi) is 6.46. The quantitative estimate of drug-likeness (QED) is 0.829. The van der Waals surface area contributed by atoms with Gasteiger partial charge in [-0.25, -0.2) is 4.68 Å². The molecule has 1 saturated heterocycles. The molecule has 9 heteroatoms. The largest absolute Gasteiger partial charge is 0.381 e. The lowest BCUT2D eigenvalue weighted by Crippen LogP contribution is -2.46. The van der Waals surface area contributed by atoms with Crippen LogP contribution >= 0.6 is 12.4 Å². The van der Waals surface area contributed by atoms with E-state index in [2.05, 4.69) is 20.8 Å². The number of aryl methyl sites for hydroxylation is 1. The van der Waals surface area contributed by atoms with Crippen LogP contribution in [0.25, 0.3) is 11.4 Å². The summed E-state index contributed by atoms with van der Waals surface area (Å²) in [6.45, 7) is 4.10. The van der Waals surface area contributed by atoms with Gasteiger partial charge in [0, 0.05) is 37.6 Å². The van der Waals surface area contributed by atoms with E-state index in [1.165, 1.54) is 0 Å². The number of halogens is 1. The molecule has 136 valence electrons. The van der Waals surface area contributed by atoms with E-state index in [0.717, 1.165) is 5.56 Å². The Hall–Kier alpha value is -2.03. The van der Waals surface area contributed by atoms with Gasteiger partial charge in [-0.15, -0.1) is 17.5 Å². The Morgan fingerprint density at radius 1 is 1.40 bits per heavy atom. The molecule has 0 atom stereocenters. The van der Waals surface area contributed by atoms with Crippen molar-refractivity contribution < 1.29 is 9.53 Å². The number of rotatable bonds is 5. The summed E-state index contributed by atoms with van der Waals surface area (Å²) in [6, 6.07) is 7.52. The van der Waals surface area contributed by atoms with Crippen LogP contribution in [0, 0.1) is 5.41 Å². The zero-order valence-corrected chi connectivity index (χ0v) is 15.0. The van der Waals surface area contributed by atoms with Crippen LogP contribution in [0.2, 0.25) is 0 Å². The second kappa shape index (κ2) is 8.37. The number of amides is 1. The van der Waals surface area contributed by atoms with Gasteiger partial charge in [-0.05, 0) is 42.3 Å². The fourth-order valence-corrected chi connectivity index (χ4v) is 2.91. The molecule has 1 aliphatic rings. The molecule has 25 heavy (non-hydrogen) atoms. The molecule has 1 aromatic carbocycles. The lowest BCUT2D eigenvalue weighted by Gasteiger charge is -2.34. The molecule has 0 unspecified atom stereocenters. The molecule has 0 saturated carbocycles. The molecule has 0 spiro atoms. The number of tetrazole rings is 1. The van der Waals surface area contributed by atoms with Crippen molar-refractivity contribution in [1.82, 2.24) is 20.2 Å². The summed E-state index contributed by atoms with van der Waals surface area (Å²) in [4.78, 5) is 12.7. The lowest BCUT2D eigenvalue weighted by atomic mass is 9.79. The average molecular weight is 367 g/mol. The summed E-state index contributed by atoms with van der Waals surface area (Å²) in [5, 5.41) is 14.7. The number of carbonyl (C=O) groups is 1. The third kappa shape index (κ3) is 3.97. The number of nitrogens with zero attached hydrogens (tertiary/aromatic N) is 4. The van der Waals surface area contributed by atoms with Gasteiger partial charge in [0.2, 0.25) is 5.91 Å². The highest BCUT2D eigenvalue weighted by Crippen LogP contribution is 2.31. The molecule has 1 aromatic heterocycles. The minimum absolute atomic E-state index is 0. The van der Waals surface area contributed by atoms with Gasteiger partial charge in [-0.3, -0.25) is 4.79 Å². The minimum atomic E-state index is -0.556. The van der Waals surface area contributed by atoms with E-state index in [1.807, 2.05) is 31.2 Å². The monoisotopic (exact) mass is 366 g/mol. The second-order valence-corrected chi connectivity index (χ2v) is 5.95. The number of nitrogens with one attached hydrogen (secondary N) is 1. The van der Waals surface area contributed by atoms with Gasteiger partial charge in [0.25, 0.3) is 0 Å². The normalized spacial score (nSPS) is 16.1. The minimum Gasteiger partial charge on any atom is -0.381 e. The Morgan fingerprint density at radius 3 is 2.84 bits per heavy atom. The van der Waals surface area contributed by atoms with Crippen LogP contribution in [0.4, 0.5) is 5.69 Å². The van der Waals surface area contributed by atoms with E-state index >= 15 is 0 Å². The van der Waals surface area contributed by atoms with Crippen LogP contribution in [-0.2, 0) is 16.1 Å². The van der Waals surface area contributed by atoms with Crippen molar-refractivity contribution in [2.45, 2.75) is 26.3 Å².